The van der Waals surface area contributed by atoms with E-state index in [-0.39, 0.29) is 23.1 Å². The molecule has 1 aromatic carbocycles. The number of hydrogen-bond donors (Lipinski definition) is 2. The largest absolute Gasteiger partial charge is 0.495 e. The number of amides is 2. The number of hydrogen-bond acceptors (Lipinski definition) is 6. The lowest BCUT2D eigenvalue weighted by Crippen LogP contribution is -2.30. The third kappa shape index (κ3) is 7.04. The summed E-state index contributed by atoms with van der Waals surface area (Å²) in [6.45, 7) is 5.69. The maximum atomic E-state index is 12.7. The second-order valence-corrected chi connectivity index (χ2v) is 8.58. The molecule has 1 aromatic rings. The van der Waals surface area contributed by atoms with Gasteiger partial charge in [0.1, 0.15) is 5.75 Å². The molecule has 0 fully saturated rings. The van der Waals surface area contributed by atoms with Crippen molar-refractivity contribution in [1.29, 1.82) is 0 Å². The van der Waals surface area contributed by atoms with Crippen LogP contribution in [0.4, 0.5) is 5.69 Å². The van der Waals surface area contributed by atoms with Gasteiger partial charge in [0.15, 0.2) is 0 Å². The molecular weight excluding hydrogens is 390 g/mol. The molecule has 1 rings (SSSR count). The lowest BCUT2D eigenvalue weighted by Gasteiger charge is -2.19. The number of anilines is 1. The Morgan fingerprint density at radius 1 is 1.22 bits per heavy atom. The number of methoxy groups -OCH3 is 1. The Hall–Kier alpha value is -1.78. The van der Waals surface area contributed by atoms with Crippen LogP contribution in [0, 0.1) is 0 Å². The summed E-state index contributed by atoms with van der Waals surface area (Å²) in [5, 5.41) is 5.33. The molecule has 0 bridgehead atoms. The molecule has 0 heterocycles. The molecule has 2 amide bonds. The molecule has 10 heteroatoms. The molecule has 0 aromatic heterocycles. The van der Waals surface area contributed by atoms with Crippen LogP contribution in [0.15, 0.2) is 23.1 Å². The molecule has 0 spiro atoms. The average Bonchev–Trinajstić information content (AvgIpc) is 2.61. The van der Waals surface area contributed by atoms with E-state index in [1.165, 1.54) is 48.3 Å². The summed E-state index contributed by atoms with van der Waals surface area (Å²) in [6, 6.07) is 4.40. The van der Waals surface area contributed by atoms with Gasteiger partial charge in [-0.05, 0) is 18.2 Å². The fraction of sp³-hybridized carbons (Fsp3) is 0.529. The molecule has 2 N–H and O–H groups in total. The van der Waals surface area contributed by atoms with E-state index in [2.05, 4.69) is 10.6 Å². The van der Waals surface area contributed by atoms with E-state index < -0.39 is 10.0 Å². The van der Waals surface area contributed by atoms with Crippen LogP contribution in [-0.2, 0) is 19.6 Å². The first kappa shape index (κ1) is 23.3. The highest BCUT2D eigenvalue weighted by molar-refractivity contribution is 7.99. The van der Waals surface area contributed by atoms with Crippen LogP contribution in [-0.4, -0.2) is 56.4 Å². The first-order chi connectivity index (χ1) is 12.8. The van der Waals surface area contributed by atoms with Crippen LogP contribution < -0.4 is 15.4 Å². The highest BCUT2D eigenvalue weighted by Gasteiger charge is 2.23. The van der Waals surface area contributed by atoms with Crippen molar-refractivity contribution in [3.63, 3.8) is 0 Å². The number of carbonyl (C=O) groups is 2. The number of sulfonamides is 1. The van der Waals surface area contributed by atoms with Crippen molar-refractivity contribution in [2.75, 3.05) is 37.1 Å². The highest BCUT2D eigenvalue weighted by Crippen LogP contribution is 2.29. The lowest BCUT2D eigenvalue weighted by molar-refractivity contribution is -0.118. The van der Waals surface area contributed by atoms with Gasteiger partial charge in [0.2, 0.25) is 21.8 Å². The van der Waals surface area contributed by atoms with E-state index in [0.717, 1.165) is 0 Å². The zero-order valence-electron chi connectivity index (χ0n) is 16.1. The van der Waals surface area contributed by atoms with Crippen LogP contribution >= 0.6 is 11.8 Å². The maximum absolute atomic E-state index is 12.7. The Kier molecular flexibility index (Phi) is 9.61. The minimum absolute atomic E-state index is 0.0994. The fourth-order valence-electron chi connectivity index (χ4n) is 2.26. The van der Waals surface area contributed by atoms with E-state index >= 15 is 0 Å². The third-order valence-electron chi connectivity index (χ3n) is 3.68. The second-order valence-electron chi connectivity index (χ2n) is 5.54. The topological polar surface area (TPSA) is 105 Å². The molecule has 0 atom stereocenters. The SMILES string of the molecule is CCN(CC)S(=O)(=O)c1ccc(OC)c(NC(=O)CCSCNC(C)=O)c1. The summed E-state index contributed by atoms with van der Waals surface area (Å²) in [7, 11) is -2.18. The van der Waals surface area contributed by atoms with Crippen LogP contribution in [0.1, 0.15) is 27.2 Å². The minimum atomic E-state index is -3.63. The smallest absolute Gasteiger partial charge is 0.243 e. The van der Waals surface area contributed by atoms with Crippen molar-refractivity contribution in [2.24, 2.45) is 0 Å². The van der Waals surface area contributed by atoms with Gasteiger partial charge in [-0.3, -0.25) is 9.59 Å². The minimum Gasteiger partial charge on any atom is -0.495 e. The van der Waals surface area contributed by atoms with Gasteiger partial charge < -0.3 is 15.4 Å². The Morgan fingerprint density at radius 3 is 2.44 bits per heavy atom. The summed E-state index contributed by atoms with van der Waals surface area (Å²) in [4.78, 5) is 23.0. The first-order valence-corrected chi connectivity index (χ1v) is 11.2. The van der Waals surface area contributed by atoms with Gasteiger partial charge in [0.25, 0.3) is 0 Å². The monoisotopic (exact) mass is 417 g/mol. The number of benzene rings is 1. The maximum Gasteiger partial charge on any atom is 0.243 e. The van der Waals surface area contributed by atoms with Crippen molar-refractivity contribution in [3.8, 4) is 5.75 Å². The van der Waals surface area contributed by atoms with E-state index in [1.54, 1.807) is 13.8 Å². The molecule has 0 saturated heterocycles. The van der Waals surface area contributed by atoms with Gasteiger partial charge in [-0.15, -0.1) is 11.8 Å². The van der Waals surface area contributed by atoms with Crippen molar-refractivity contribution >= 4 is 39.3 Å². The van der Waals surface area contributed by atoms with Crippen LogP contribution in [0.2, 0.25) is 0 Å². The van der Waals surface area contributed by atoms with Crippen molar-refractivity contribution < 1.29 is 22.7 Å². The molecule has 0 aliphatic heterocycles. The van der Waals surface area contributed by atoms with Gasteiger partial charge in [0.05, 0.1) is 23.6 Å². The quantitative estimate of drug-likeness (QED) is 0.421. The zero-order chi connectivity index (χ0) is 20.4. The van der Waals surface area contributed by atoms with Crippen LogP contribution in [0.5, 0.6) is 5.75 Å². The van der Waals surface area contributed by atoms with Gasteiger partial charge >= 0.3 is 0 Å². The van der Waals surface area contributed by atoms with Gasteiger partial charge in [-0.2, -0.15) is 4.31 Å². The predicted octanol–water partition coefficient (Wildman–Crippen LogP) is 1.88. The zero-order valence-corrected chi connectivity index (χ0v) is 17.7. The molecule has 0 aliphatic rings. The predicted molar refractivity (Wildman–Crippen MR) is 107 cm³/mol. The molecule has 8 nitrogen and oxygen atoms in total. The van der Waals surface area contributed by atoms with E-state index in [9.17, 15) is 18.0 Å². The van der Waals surface area contributed by atoms with Crippen LogP contribution in [0.3, 0.4) is 0 Å². The number of carbonyl (C=O) groups excluding carboxylic acids is 2. The molecule has 27 heavy (non-hydrogen) atoms. The molecular formula is C17H27N3O5S2. The third-order valence-corrected chi connectivity index (χ3v) is 6.57. The standard InChI is InChI=1S/C17H27N3O5S2/c1-5-20(6-2)27(23,24)14-7-8-16(25-4)15(11-14)19-17(22)9-10-26-12-18-13(3)21/h7-8,11H,5-6,9-10,12H2,1-4H3,(H,18,21)(H,19,22). The number of nitrogens with one attached hydrogen (secondary N) is 2. The van der Waals surface area contributed by atoms with Crippen molar-refractivity contribution in [2.45, 2.75) is 32.1 Å². The highest BCUT2D eigenvalue weighted by atomic mass is 32.2. The number of thioether (sulfide) groups is 1. The van der Waals surface area contributed by atoms with E-state index in [0.29, 0.717) is 36.2 Å². The Bertz CT molecular complexity index is 749. The summed E-state index contributed by atoms with van der Waals surface area (Å²) in [6.07, 6.45) is 0.223. The van der Waals surface area contributed by atoms with Gasteiger partial charge in [-0.25, -0.2) is 8.42 Å². The fourth-order valence-corrected chi connectivity index (χ4v) is 4.52. The average molecular weight is 418 g/mol. The number of nitrogens with zero attached hydrogens (tertiary/aromatic N) is 1. The lowest BCUT2D eigenvalue weighted by atomic mass is 10.3. The van der Waals surface area contributed by atoms with Crippen molar-refractivity contribution in [3.05, 3.63) is 18.2 Å². The summed E-state index contributed by atoms with van der Waals surface area (Å²) >= 11 is 1.42. The molecule has 0 aliphatic carbocycles. The Balaban J connectivity index is 2.84. The summed E-state index contributed by atoms with van der Waals surface area (Å²) in [5.74, 6) is 0.951. The number of rotatable bonds is 11. The van der Waals surface area contributed by atoms with Gasteiger partial charge in [-0.1, -0.05) is 13.8 Å². The Morgan fingerprint density at radius 2 is 1.89 bits per heavy atom. The summed E-state index contributed by atoms with van der Waals surface area (Å²) < 4.78 is 31.9. The van der Waals surface area contributed by atoms with E-state index in [4.69, 9.17) is 4.74 Å². The van der Waals surface area contributed by atoms with E-state index in [1.807, 2.05) is 0 Å². The second kappa shape index (κ2) is 11.2. The molecule has 0 saturated carbocycles. The Labute approximate surface area is 165 Å². The summed E-state index contributed by atoms with van der Waals surface area (Å²) in [5.41, 5.74) is 0.308. The molecule has 0 unspecified atom stereocenters. The normalized spacial score (nSPS) is 11.3. The van der Waals surface area contributed by atoms with Gasteiger partial charge in [0, 0.05) is 32.2 Å². The number of ether oxygens (including phenoxy) is 1. The molecule has 152 valence electrons. The first-order valence-electron chi connectivity index (χ1n) is 8.56. The van der Waals surface area contributed by atoms with Crippen LogP contribution in [0.25, 0.3) is 0 Å². The molecule has 0 radical (unpaired) electrons. The van der Waals surface area contributed by atoms with Crippen molar-refractivity contribution in [1.82, 2.24) is 9.62 Å².